The van der Waals surface area contributed by atoms with Crippen molar-refractivity contribution in [2.24, 2.45) is 0 Å². The van der Waals surface area contributed by atoms with Gasteiger partial charge in [0.1, 0.15) is 12.4 Å². The van der Waals surface area contributed by atoms with Gasteiger partial charge in [-0.3, -0.25) is 19.3 Å². The molecule has 1 aromatic rings. The number of amides is 1. The minimum atomic E-state index is -0.916. The van der Waals surface area contributed by atoms with Crippen molar-refractivity contribution in [2.45, 2.75) is 20.0 Å². The van der Waals surface area contributed by atoms with Gasteiger partial charge in [-0.15, -0.1) is 0 Å². The summed E-state index contributed by atoms with van der Waals surface area (Å²) in [6.07, 6.45) is -0.346. The Hall–Kier alpha value is -2.24. The fraction of sp³-hybridized carbons (Fsp3) is 0.308. The maximum Gasteiger partial charge on any atom is 0.326 e. The van der Waals surface area contributed by atoms with E-state index in [9.17, 15) is 18.8 Å². The van der Waals surface area contributed by atoms with Crippen LogP contribution in [0.15, 0.2) is 18.2 Å². The maximum absolute atomic E-state index is 13.7. The van der Waals surface area contributed by atoms with Crippen molar-refractivity contribution in [3.63, 3.8) is 0 Å². The van der Waals surface area contributed by atoms with Crippen molar-refractivity contribution < 1.29 is 23.5 Å². The summed E-state index contributed by atoms with van der Waals surface area (Å²) in [4.78, 5) is 35.7. The summed E-state index contributed by atoms with van der Waals surface area (Å²) >= 11 is 0. The van der Waals surface area contributed by atoms with Gasteiger partial charge < -0.3 is 4.74 Å². The minimum Gasteiger partial charge on any atom is -0.462 e. The third-order valence-electron chi connectivity index (χ3n) is 2.60. The molecular formula is C13H12FNO4. The number of hydrogen-bond donors (Lipinski definition) is 0. The molecule has 0 radical (unpaired) electrons. The summed E-state index contributed by atoms with van der Waals surface area (Å²) in [5.41, 5.74) is -0.180. The number of carbonyl (C=O) groups excluding carboxylic acids is 3. The first-order valence-electron chi connectivity index (χ1n) is 5.76. The monoisotopic (exact) mass is 265 g/mol. The highest BCUT2D eigenvalue weighted by atomic mass is 19.1. The molecule has 0 saturated carbocycles. The number of Topliss-reactive ketones (excluding diaryl/α,β-unsaturated/α-hetero) is 1. The van der Waals surface area contributed by atoms with Gasteiger partial charge in [-0.2, -0.15) is 0 Å². The predicted octanol–water partition coefficient (Wildman–Crippen LogP) is 1.31. The number of esters is 1. The van der Waals surface area contributed by atoms with E-state index < -0.39 is 30.0 Å². The van der Waals surface area contributed by atoms with Crippen LogP contribution >= 0.6 is 0 Å². The van der Waals surface area contributed by atoms with E-state index in [0.29, 0.717) is 0 Å². The van der Waals surface area contributed by atoms with E-state index in [1.165, 1.54) is 12.1 Å². The quantitative estimate of drug-likeness (QED) is 0.610. The Labute approximate surface area is 109 Å². The molecule has 5 nitrogen and oxygen atoms in total. The number of carbonyl (C=O) groups is 3. The summed E-state index contributed by atoms with van der Waals surface area (Å²) in [6.45, 7) is 2.84. The number of benzene rings is 1. The van der Waals surface area contributed by atoms with Crippen molar-refractivity contribution in [3.05, 3.63) is 29.6 Å². The van der Waals surface area contributed by atoms with Crippen molar-refractivity contribution in [1.82, 2.24) is 0 Å². The molecule has 1 heterocycles. The van der Waals surface area contributed by atoms with Crippen LogP contribution in [0.2, 0.25) is 0 Å². The van der Waals surface area contributed by atoms with Crippen LogP contribution in [0, 0.1) is 5.82 Å². The van der Waals surface area contributed by atoms with Crippen LogP contribution < -0.4 is 4.90 Å². The van der Waals surface area contributed by atoms with Crippen LogP contribution in [0.25, 0.3) is 0 Å². The molecule has 0 atom stereocenters. The van der Waals surface area contributed by atoms with Crippen LogP contribution in [-0.4, -0.2) is 30.3 Å². The van der Waals surface area contributed by atoms with Crippen LogP contribution in [0.1, 0.15) is 24.2 Å². The summed E-state index contributed by atoms with van der Waals surface area (Å²) in [5.74, 6) is -3.13. The molecule has 1 aliphatic heterocycles. The average Bonchev–Trinajstić information content (AvgIpc) is 2.55. The lowest BCUT2D eigenvalue weighted by Crippen LogP contribution is -2.36. The molecule has 0 saturated heterocycles. The second-order valence-corrected chi connectivity index (χ2v) is 4.40. The van der Waals surface area contributed by atoms with E-state index in [0.717, 1.165) is 11.0 Å². The molecule has 0 aromatic heterocycles. The van der Waals surface area contributed by atoms with Crippen LogP contribution in [0.4, 0.5) is 10.1 Å². The van der Waals surface area contributed by atoms with Gasteiger partial charge in [0.05, 0.1) is 17.4 Å². The molecule has 0 bridgehead atoms. The highest BCUT2D eigenvalue weighted by molar-refractivity contribution is 6.52. The maximum atomic E-state index is 13.7. The molecule has 0 spiro atoms. The van der Waals surface area contributed by atoms with E-state index in [2.05, 4.69) is 0 Å². The Balaban J connectivity index is 2.31. The second-order valence-electron chi connectivity index (χ2n) is 4.40. The Morgan fingerprint density at radius 3 is 2.68 bits per heavy atom. The Morgan fingerprint density at radius 1 is 1.37 bits per heavy atom. The molecule has 1 aromatic carbocycles. The lowest BCUT2D eigenvalue weighted by atomic mass is 10.1. The lowest BCUT2D eigenvalue weighted by molar-refractivity contribution is -0.146. The zero-order valence-corrected chi connectivity index (χ0v) is 10.5. The van der Waals surface area contributed by atoms with E-state index in [1.54, 1.807) is 13.8 Å². The van der Waals surface area contributed by atoms with Crippen molar-refractivity contribution >= 4 is 23.3 Å². The molecule has 19 heavy (non-hydrogen) atoms. The average molecular weight is 265 g/mol. The van der Waals surface area contributed by atoms with Crippen molar-refractivity contribution in [1.29, 1.82) is 0 Å². The Morgan fingerprint density at radius 2 is 2.05 bits per heavy atom. The first-order valence-corrected chi connectivity index (χ1v) is 5.76. The number of para-hydroxylation sites is 1. The van der Waals surface area contributed by atoms with Gasteiger partial charge in [-0.05, 0) is 26.0 Å². The van der Waals surface area contributed by atoms with Crippen LogP contribution in [0.5, 0.6) is 0 Å². The Bertz CT molecular complexity index is 568. The van der Waals surface area contributed by atoms with E-state index in [1.807, 2.05) is 0 Å². The zero-order valence-electron chi connectivity index (χ0n) is 10.5. The number of ether oxygens (including phenoxy) is 1. The number of ketones is 1. The lowest BCUT2D eigenvalue weighted by Gasteiger charge is -2.17. The number of anilines is 1. The predicted molar refractivity (Wildman–Crippen MR) is 64.3 cm³/mol. The van der Waals surface area contributed by atoms with E-state index in [4.69, 9.17) is 4.74 Å². The van der Waals surface area contributed by atoms with Gasteiger partial charge in [0.2, 0.25) is 0 Å². The van der Waals surface area contributed by atoms with Crippen molar-refractivity contribution in [3.8, 4) is 0 Å². The smallest absolute Gasteiger partial charge is 0.326 e. The third-order valence-corrected chi connectivity index (χ3v) is 2.60. The van der Waals surface area contributed by atoms with Gasteiger partial charge in [0, 0.05) is 0 Å². The topological polar surface area (TPSA) is 63.7 Å². The molecular weight excluding hydrogens is 253 g/mol. The van der Waals surface area contributed by atoms with Gasteiger partial charge >= 0.3 is 5.97 Å². The molecule has 0 N–H and O–H groups in total. The van der Waals surface area contributed by atoms with Crippen LogP contribution in [-0.2, 0) is 14.3 Å². The first kappa shape index (κ1) is 13.2. The second kappa shape index (κ2) is 4.79. The van der Waals surface area contributed by atoms with Gasteiger partial charge in [-0.1, -0.05) is 6.07 Å². The highest BCUT2D eigenvalue weighted by Crippen LogP contribution is 2.31. The van der Waals surface area contributed by atoms with E-state index in [-0.39, 0.29) is 17.4 Å². The van der Waals surface area contributed by atoms with Crippen molar-refractivity contribution in [2.75, 3.05) is 11.4 Å². The number of hydrogen-bond acceptors (Lipinski definition) is 4. The fourth-order valence-electron chi connectivity index (χ4n) is 1.89. The normalized spacial score (nSPS) is 14.0. The standard InChI is InChI=1S/C13H12FNO4/c1-7(2)19-10(16)6-15-11-8(12(17)13(15)18)4-3-5-9(11)14/h3-5,7H,6H2,1-2H3. The minimum absolute atomic E-state index is 0.0256. The molecule has 1 aliphatic rings. The fourth-order valence-corrected chi connectivity index (χ4v) is 1.89. The molecule has 0 aliphatic carbocycles. The molecule has 2 rings (SSSR count). The number of rotatable bonds is 3. The van der Waals surface area contributed by atoms with Gasteiger partial charge in [0.25, 0.3) is 11.7 Å². The van der Waals surface area contributed by atoms with Crippen LogP contribution in [0.3, 0.4) is 0 Å². The number of nitrogens with zero attached hydrogens (tertiary/aromatic N) is 1. The first-order chi connectivity index (χ1) is 8.91. The molecule has 0 unspecified atom stereocenters. The summed E-state index contributed by atoms with van der Waals surface area (Å²) in [6, 6.07) is 3.83. The highest BCUT2D eigenvalue weighted by Gasteiger charge is 2.39. The Kier molecular flexibility index (Phi) is 3.33. The summed E-state index contributed by atoms with van der Waals surface area (Å²) in [7, 11) is 0. The zero-order chi connectivity index (χ0) is 14.2. The molecule has 0 fully saturated rings. The largest absolute Gasteiger partial charge is 0.462 e. The molecule has 100 valence electrons. The van der Waals surface area contributed by atoms with Gasteiger partial charge in [0.15, 0.2) is 0 Å². The molecule has 6 heteroatoms. The van der Waals surface area contributed by atoms with E-state index >= 15 is 0 Å². The number of halogens is 1. The van der Waals surface area contributed by atoms with Gasteiger partial charge in [-0.25, -0.2) is 4.39 Å². The molecule has 1 amide bonds. The summed E-state index contributed by atoms with van der Waals surface area (Å²) < 4.78 is 18.6. The number of fused-ring (bicyclic) bond motifs is 1. The third kappa shape index (κ3) is 2.33. The SMILES string of the molecule is CC(C)OC(=O)CN1C(=O)C(=O)c2cccc(F)c21. The summed E-state index contributed by atoms with van der Waals surface area (Å²) in [5, 5.41) is 0.